The van der Waals surface area contributed by atoms with E-state index >= 15 is 0 Å². The van der Waals surface area contributed by atoms with Crippen LogP contribution in [0.1, 0.15) is 31.0 Å². The van der Waals surface area contributed by atoms with Crippen molar-refractivity contribution in [3.63, 3.8) is 0 Å². The van der Waals surface area contributed by atoms with E-state index in [1.807, 2.05) is 31.2 Å². The van der Waals surface area contributed by atoms with E-state index in [9.17, 15) is 8.42 Å². The molecule has 0 radical (unpaired) electrons. The van der Waals surface area contributed by atoms with Crippen LogP contribution in [0.15, 0.2) is 59.5 Å². The summed E-state index contributed by atoms with van der Waals surface area (Å²) in [6, 6.07) is 16.2. The lowest BCUT2D eigenvalue weighted by Gasteiger charge is -2.12. The smallest absolute Gasteiger partial charge is 0.261 e. The zero-order valence-corrected chi connectivity index (χ0v) is 16.5. The summed E-state index contributed by atoms with van der Waals surface area (Å²) in [4.78, 5) is 4.91. The molecule has 5 nitrogen and oxygen atoms in total. The summed E-state index contributed by atoms with van der Waals surface area (Å²) in [5, 5.41) is 4.26. The first-order valence-electron chi connectivity index (χ1n) is 9.18. The number of aromatic nitrogens is 1. The van der Waals surface area contributed by atoms with E-state index in [-0.39, 0.29) is 4.90 Å². The highest BCUT2D eigenvalue weighted by atomic mass is 32.2. The van der Waals surface area contributed by atoms with Gasteiger partial charge in [-0.2, -0.15) is 0 Å². The van der Waals surface area contributed by atoms with Gasteiger partial charge in [0.15, 0.2) is 0 Å². The minimum Gasteiger partial charge on any atom is -0.311 e. The van der Waals surface area contributed by atoms with Gasteiger partial charge in [0.25, 0.3) is 10.0 Å². The molecule has 1 aromatic heterocycles. The van der Waals surface area contributed by atoms with Crippen LogP contribution in [-0.4, -0.2) is 19.9 Å². The summed E-state index contributed by atoms with van der Waals surface area (Å²) < 4.78 is 28.2. The lowest BCUT2D eigenvalue weighted by molar-refractivity contribution is 0.601. The molecule has 0 unspecified atom stereocenters. The molecule has 27 heavy (non-hydrogen) atoms. The van der Waals surface area contributed by atoms with E-state index in [0.29, 0.717) is 17.7 Å². The second-order valence-electron chi connectivity index (χ2n) is 6.63. The number of nitrogens with one attached hydrogen (secondary N) is 2. The van der Waals surface area contributed by atoms with Crippen molar-refractivity contribution in [2.45, 2.75) is 38.1 Å². The number of fused-ring (bicyclic) bond motifs is 1. The molecule has 0 spiro atoms. The van der Waals surface area contributed by atoms with Crippen LogP contribution in [-0.2, 0) is 16.6 Å². The zero-order valence-electron chi connectivity index (χ0n) is 15.7. The molecule has 0 amide bonds. The fourth-order valence-corrected chi connectivity index (χ4v) is 3.87. The molecule has 0 saturated heterocycles. The van der Waals surface area contributed by atoms with Crippen molar-refractivity contribution in [3.05, 3.63) is 65.9 Å². The lowest BCUT2D eigenvalue weighted by atomic mass is 10.2. The van der Waals surface area contributed by atoms with E-state index < -0.39 is 10.0 Å². The molecule has 0 bridgehead atoms. The van der Waals surface area contributed by atoms with Crippen molar-refractivity contribution in [1.82, 2.24) is 10.3 Å². The number of para-hydroxylation sites is 1. The molecule has 0 aliphatic rings. The minimum absolute atomic E-state index is 0.238. The second kappa shape index (κ2) is 8.50. The Bertz CT molecular complexity index is 1020. The van der Waals surface area contributed by atoms with Crippen LogP contribution >= 0.6 is 0 Å². The third-order valence-electron chi connectivity index (χ3n) is 4.37. The van der Waals surface area contributed by atoms with Gasteiger partial charge in [0, 0.05) is 11.9 Å². The standard InChI is InChI=1S/C21H25N3O2S/c1-3-4-14-22-15-18-11-10-17-6-5-7-20(21(17)23-18)24-27(25,26)19-12-8-16(2)9-13-19/h5-13,22,24H,3-4,14-15H2,1-2H3. The van der Waals surface area contributed by atoms with Crippen molar-refractivity contribution in [2.75, 3.05) is 11.3 Å². The van der Waals surface area contributed by atoms with Crippen molar-refractivity contribution in [2.24, 2.45) is 0 Å². The number of hydrogen-bond acceptors (Lipinski definition) is 4. The van der Waals surface area contributed by atoms with E-state index in [0.717, 1.165) is 36.0 Å². The van der Waals surface area contributed by atoms with Gasteiger partial charge in [0.1, 0.15) is 0 Å². The molecule has 3 rings (SSSR count). The molecule has 0 saturated carbocycles. The molecule has 142 valence electrons. The maximum atomic E-state index is 12.7. The monoisotopic (exact) mass is 383 g/mol. The number of unbranched alkanes of at least 4 members (excludes halogenated alkanes) is 1. The summed E-state index contributed by atoms with van der Waals surface area (Å²) in [7, 11) is -3.66. The lowest BCUT2D eigenvalue weighted by Crippen LogP contribution is -2.16. The van der Waals surface area contributed by atoms with Gasteiger partial charge in [-0.15, -0.1) is 0 Å². The van der Waals surface area contributed by atoms with Crippen LogP contribution in [0.4, 0.5) is 5.69 Å². The summed E-state index contributed by atoms with van der Waals surface area (Å²) in [5.41, 5.74) is 3.05. The first-order valence-corrected chi connectivity index (χ1v) is 10.7. The molecule has 3 aromatic rings. The van der Waals surface area contributed by atoms with Crippen LogP contribution in [0.5, 0.6) is 0 Å². The minimum atomic E-state index is -3.66. The van der Waals surface area contributed by atoms with E-state index in [1.165, 1.54) is 0 Å². The maximum Gasteiger partial charge on any atom is 0.261 e. The predicted octanol–water partition coefficient (Wildman–Crippen LogP) is 4.23. The molecule has 2 N–H and O–H groups in total. The number of anilines is 1. The van der Waals surface area contributed by atoms with Crippen molar-refractivity contribution >= 4 is 26.6 Å². The first-order chi connectivity index (χ1) is 13.0. The van der Waals surface area contributed by atoms with Gasteiger partial charge in [-0.25, -0.2) is 13.4 Å². The molecular weight excluding hydrogens is 358 g/mol. The molecule has 0 atom stereocenters. The SMILES string of the molecule is CCCCNCc1ccc2cccc(NS(=O)(=O)c3ccc(C)cc3)c2n1. The van der Waals surface area contributed by atoms with Gasteiger partial charge >= 0.3 is 0 Å². The number of sulfonamides is 1. The Morgan fingerprint density at radius 3 is 2.52 bits per heavy atom. The molecule has 0 fully saturated rings. The maximum absolute atomic E-state index is 12.7. The topological polar surface area (TPSA) is 71.1 Å². The van der Waals surface area contributed by atoms with E-state index in [1.54, 1.807) is 30.3 Å². The molecule has 2 aromatic carbocycles. The van der Waals surface area contributed by atoms with Gasteiger partial charge in [0.2, 0.25) is 0 Å². The quantitative estimate of drug-likeness (QED) is 0.571. The number of hydrogen-bond donors (Lipinski definition) is 2. The van der Waals surface area contributed by atoms with Crippen LogP contribution in [0, 0.1) is 6.92 Å². The average Bonchev–Trinajstić information content (AvgIpc) is 2.66. The Labute approximate surface area is 160 Å². The van der Waals surface area contributed by atoms with Gasteiger partial charge < -0.3 is 5.32 Å². The number of benzene rings is 2. The predicted molar refractivity (Wildman–Crippen MR) is 110 cm³/mol. The highest BCUT2D eigenvalue weighted by molar-refractivity contribution is 7.92. The third-order valence-corrected chi connectivity index (χ3v) is 5.75. The molecule has 1 heterocycles. The van der Waals surface area contributed by atoms with E-state index in [4.69, 9.17) is 0 Å². The summed E-state index contributed by atoms with van der Waals surface area (Å²) >= 11 is 0. The Balaban J connectivity index is 1.88. The normalized spacial score (nSPS) is 11.6. The summed E-state index contributed by atoms with van der Waals surface area (Å²) in [5.74, 6) is 0. The van der Waals surface area contributed by atoms with E-state index in [2.05, 4.69) is 21.9 Å². The molecule has 0 aliphatic heterocycles. The third kappa shape index (κ3) is 4.84. The van der Waals surface area contributed by atoms with Crippen molar-refractivity contribution in [3.8, 4) is 0 Å². The van der Waals surface area contributed by atoms with Crippen LogP contribution in [0.3, 0.4) is 0 Å². The van der Waals surface area contributed by atoms with Gasteiger partial charge in [-0.05, 0) is 44.2 Å². The summed E-state index contributed by atoms with van der Waals surface area (Å²) in [6.07, 6.45) is 2.26. The van der Waals surface area contributed by atoms with Gasteiger partial charge in [-0.1, -0.05) is 49.2 Å². The number of pyridine rings is 1. The second-order valence-corrected chi connectivity index (χ2v) is 8.31. The Morgan fingerprint density at radius 1 is 1.00 bits per heavy atom. The molecular formula is C21H25N3O2S. The van der Waals surface area contributed by atoms with Crippen molar-refractivity contribution < 1.29 is 8.42 Å². The highest BCUT2D eigenvalue weighted by Crippen LogP contribution is 2.25. The number of nitrogens with zero attached hydrogens (tertiary/aromatic N) is 1. The Hall–Kier alpha value is -2.44. The zero-order chi connectivity index (χ0) is 19.3. The highest BCUT2D eigenvalue weighted by Gasteiger charge is 2.16. The fourth-order valence-electron chi connectivity index (χ4n) is 2.81. The van der Waals surface area contributed by atoms with Gasteiger partial charge in [-0.3, -0.25) is 4.72 Å². The largest absolute Gasteiger partial charge is 0.311 e. The fraction of sp³-hybridized carbons (Fsp3) is 0.286. The van der Waals surface area contributed by atoms with Crippen LogP contribution < -0.4 is 10.0 Å². The number of aryl methyl sites for hydroxylation is 1. The molecule has 0 aliphatic carbocycles. The van der Waals surface area contributed by atoms with Crippen LogP contribution in [0.25, 0.3) is 10.9 Å². The van der Waals surface area contributed by atoms with Crippen molar-refractivity contribution in [1.29, 1.82) is 0 Å². The summed E-state index contributed by atoms with van der Waals surface area (Å²) in [6.45, 7) is 5.68. The average molecular weight is 384 g/mol. The number of rotatable bonds is 8. The Morgan fingerprint density at radius 2 is 1.78 bits per heavy atom. The Kier molecular flexibility index (Phi) is 6.08. The van der Waals surface area contributed by atoms with Crippen LogP contribution in [0.2, 0.25) is 0 Å². The van der Waals surface area contributed by atoms with Gasteiger partial charge in [0.05, 0.1) is 21.8 Å². The first kappa shape index (κ1) is 19.3. The molecule has 6 heteroatoms.